The molecule has 0 unspecified atom stereocenters. The Morgan fingerprint density at radius 1 is 1.00 bits per heavy atom. The molecule has 136 valence electrons. The molecule has 0 radical (unpaired) electrons. The van der Waals surface area contributed by atoms with Gasteiger partial charge in [0.15, 0.2) is 0 Å². The van der Waals surface area contributed by atoms with Gasteiger partial charge in [0, 0.05) is 18.3 Å². The van der Waals surface area contributed by atoms with Crippen LogP contribution < -0.4 is 10.6 Å². The summed E-state index contributed by atoms with van der Waals surface area (Å²) in [6.07, 6.45) is 7.65. The van der Waals surface area contributed by atoms with E-state index in [-0.39, 0.29) is 0 Å². The van der Waals surface area contributed by atoms with Gasteiger partial charge in [-0.1, -0.05) is 30.5 Å². The summed E-state index contributed by atoms with van der Waals surface area (Å²) in [6, 6.07) is 8.21. The number of likely N-dealkylation sites (tertiary alicyclic amines) is 1. The van der Waals surface area contributed by atoms with Crippen molar-refractivity contribution >= 4 is 17.5 Å². The molecule has 25 heavy (non-hydrogen) atoms. The molecular formula is C20H29N3O2. The zero-order valence-corrected chi connectivity index (χ0v) is 15.1. The second-order valence-electron chi connectivity index (χ2n) is 7.45. The van der Waals surface area contributed by atoms with E-state index in [1.165, 1.54) is 25.7 Å². The molecule has 2 fully saturated rings. The molecule has 1 saturated heterocycles. The highest BCUT2D eigenvalue weighted by molar-refractivity contribution is 6.39. The van der Waals surface area contributed by atoms with Crippen LogP contribution in [-0.2, 0) is 9.59 Å². The molecule has 1 aromatic rings. The second-order valence-corrected chi connectivity index (χ2v) is 7.45. The minimum absolute atomic E-state index is 0.480. The Bertz CT molecular complexity index is 585. The first kappa shape index (κ1) is 17.9. The van der Waals surface area contributed by atoms with Crippen LogP contribution >= 0.6 is 0 Å². The number of hydrogen-bond acceptors (Lipinski definition) is 3. The normalized spacial score (nSPS) is 19.7. The number of anilines is 1. The molecule has 1 aliphatic carbocycles. The Balaban J connectivity index is 1.37. The number of nitrogens with zero attached hydrogens (tertiary/aromatic N) is 1. The van der Waals surface area contributed by atoms with Crippen molar-refractivity contribution in [1.82, 2.24) is 10.2 Å². The third kappa shape index (κ3) is 5.05. The van der Waals surface area contributed by atoms with Gasteiger partial charge in [0.05, 0.1) is 0 Å². The number of carbonyl (C=O) groups excluding carboxylic acids is 2. The van der Waals surface area contributed by atoms with Crippen LogP contribution in [0.3, 0.4) is 0 Å². The van der Waals surface area contributed by atoms with Crippen molar-refractivity contribution < 1.29 is 9.59 Å². The van der Waals surface area contributed by atoms with Crippen LogP contribution in [0.15, 0.2) is 24.3 Å². The number of aryl methyl sites for hydroxylation is 1. The van der Waals surface area contributed by atoms with Gasteiger partial charge in [-0.2, -0.15) is 0 Å². The van der Waals surface area contributed by atoms with Crippen molar-refractivity contribution in [2.24, 2.45) is 5.92 Å². The lowest BCUT2D eigenvalue weighted by Gasteiger charge is -2.36. The predicted molar refractivity (Wildman–Crippen MR) is 99.4 cm³/mol. The van der Waals surface area contributed by atoms with E-state index < -0.39 is 11.8 Å². The van der Waals surface area contributed by atoms with Gasteiger partial charge in [-0.3, -0.25) is 9.59 Å². The van der Waals surface area contributed by atoms with E-state index in [9.17, 15) is 9.59 Å². The molecule has 0 bridgehead atoms. The summed E-state index contributed by atoms with van der Waals surface area (Å²) in [6.45, 7) is 4.83. The molecule has 5 heteroatoms. The zero-order chi connectivity index (χ0) is 17.6. The molecule has 2 N–H and O–H groups in total. The van der Waals surface area contributed by atoms with Crippen molar-refractivity contribution in [3.8, 4) is 0 Å². The number of rotatable bonds is 4. The van der Waals surface area contributed by atoms with Gasteiger partial charge < -0.3 is 15.5 Å². The molecule has 2 amide bonds. The van der Waals surface area contributed by atoms with Crippen LogP contribution in [0.25, 0.3) is 0 Å². The quantitative estimate of drug-likeness (QED) is 0.827. The maximum atomic E-state index is 12.0. The highest BCUT2D eigenvalue weighted by atomic mass is 16.2. The molecule has 3 rings (SSSR count). The van der Waals surface area contributed by atoms with Gasteiger partial charge >= 0.3 is 11.8 Å². The molecule has 5 nitrogen and oxygen atoms in total. The fraction of sp³-hybridized carbons (Fsp3) is 0.600. The van der Waals surface area contributed by atoms with Gasteiger partial charge in [0.1, 0.15) is 0 Å². The van der Waals surface area contributed by atoms with E-state index in [4.69, 9.17) is 0 Å². The van der Waals surface area contributed by atoms with Gasteiger partial charge in [-0.15, -0.1) is 0 Å². The number of hydrogen-bond donors (Lipinski definition) is 2. The average Bonchev–Trinajstić information content (AvgIpc) is 3.16. The molecule has 1 aliphatic heterocycles. The van der Waals surface area contributed by atoms with Crippen LogP contribution in [-0.4, -0.2) is 42.4 Å². The summed E-state index contributed by atoms with van der Waals surface area (Å²) in [5.74, 6) is -0.653. The predicted octanol–water partition coefficient (Wildman–Crippen LogP) is 2.70. The van der Waals surface area contributed by atoms with E-state index in [2.05, 4.69) is 15.5 Å². The standard InChI is InChI=1S/C20H29N3O2/c1-15-6-8-17(9-7-15)22-20(25)19(24)21-14-16-10-12-23(13-11-16)18-4-2-3-5-18/h6-9,16,18H,2-5,10-14H2,1H3,(H,21,24)(H,22,25). The Hall–Kier alpha value is -1.88. The Labute approximate surface area is 150 Å². The smallest absolute Gasteiger partial charge is 0.313 e. The Morgan fingerprint density at radius 3 is 2.28 bits per heavy atom. The maximum Gasteiger partial charge on any atom is 0.313 e. The fourth-order valence-electron chi connectivity index (χ4n) is 3.93. The number of amides is 2. The largest absolute Gasteiger partial charge is 0.348 e. The number of piperidine rings is 1. The molecule has 1 heterocycles. The fourth-order valence-corrected chi connectivity index (χ4v) is 3.93. The molecule has 2 aliphatic rings. The third-order valence-electron chi connectivity index (χ3n) is 5.56. The number of carbonyl (C=O) groups is 2. The lowest BCUT2D eigenvalue weighted by Crippen LogP contribution is -2.44. The van der Waals surface area contributed by atoms with E-state index in [1.807, 2.05) is 19.1 Å². The van der Waals surface area contributed by atoms with Crippen LogP contribution in [0.1, 0.15) is 44.1 Å². The summed E-state index contributed by atoms with van der Waals surface area (Å²) >= 11 is 0. The van der Waals surface area contributed by atoms with Crippen LogP contribution in [0, 0.1) is 12.8 Å². The van der Waals surface area contributed by atoms with Gasteiger partial charge in [-0.05, 0) is 63.7 Å². The van der Waals surface area contributed by atoms with E-state index >= 15 is 0 Å². The maximum absolute atomic E-state index is 12.0. The van der Waals surface area contributed by atoms with Crippen LogP contribution in [0.2, 0.25) is 0 Å². The lowest BCUT2D eigenvalue weighted by molar-refractivity contribution is -0.136. The van der Waals surface area contributed by atoms with Crippen molar-refractivity contribution in [3.63, 3.8) is 0 Å². The van der Waals surface area contributed by atoms with Crippen LogP contribution in [0.5, 0.6) is 0 Å². The number of benzene rings is 1. The summed E-state index contributed by atoms with van der Waals surface area (Å²) < 4.78 is 0. The molecule has 0 spiro atoms. The first-order valence-corrected chi connectivity index (χ1v) is 9.52. The topological polar surface area (TPSA) is 61.4 Å². The molecular weight excluding hydrogens is 314 g/mol. The Morgan fingerprint density at radius 2 is 1.64 bits per heavy atom. The minimum atomic E-state index is -0.591. The zero-order valence-electron chi connectivity index (χ0n) is 15.1. The first-order chi connectivity index (χ1) is 12.1. The molecule has 0 aromatic heterocycles. The summed E-state index contributed by atoms with van der Waals surface area (Å²) in [5.41, 5.74) is 1.77. The third-order valence-corrected chi connectivity index (χ3v) is 5.56. The number of nitrogens with one attached hydrogen (secondary N) is 2. The van der Waals surface area contributed by atoms with Gasteiger partial charge in [-0.25, -0.2) is 0 Å². The van der Waals surface area contributed by atoms with Gasteiger partial charge in [0.2, 0.25) is 0 Å². The minimum Gasteiger partial charge on any atom is -0.348 e. The summed E-state index contributed by atoms with van der Waals surface area (Å²) in [5, 5.41) is 5.44. The molecule has 1 saturated carbocycles. The SMILES string of the molecule is Cc1ccc(NC(=O)C(=O)NCC2CCN(C3CCCC3)CC2)cc1. The van der Waals surface area contributed by atoms with Crippen molar-refractivity contribution in [3.05, 3.63) is 29.8 Å². The van der Waals surface area contributed by atoms with Crippen molar-refractivity contribution in [2.75, 3.05) is 25.0 Å². The average molecular weight is 343 g/mol. The highest BCUT2D eigenvalue weighted by Gasteiger charge is 2.27. The van der Waals surface area contributed by atoms with E-state index in [0.717, 1.165) is 37.5 Å². The lowest BCUT2D eigenvalue weighted by atomic mass is 9.95. The Kier molecular flexibility index (Phi) is 6.08. The highest BCUT2D eigenvalue weighted by Crippen LogP contribution is 2.27. The first-order valence-electron chi connectivity index (χ1n) is 9.52. The van der Waals surface area contributed by atoms with Crippen molar-refractivity contribution in [1.29, 1.82) is 0 Å². The summed E-state index contributed by atoms with van der Waals surface area (Å²) in [4.78, 5) is 26.6. The monoisotopic (exact) mass is 343 g/mol. The van der Waals surface area contributed by atoms with Crippen LogP contribution in [0.4, 0.5) is 5.69 Å². The van der Waals surface area contributed by atoms with Crippen molar-refractivity contribution in [2.45, 2.75) is 51.5 Å². The molecule has 1 aromatic carbocycles. The van der Waals surface area contributed by atoms with E-state index in [0.29, 0.717) is 18.2 Å². The van der Waals surface area contributed by atoms with E-state index in [1.54, 1.807) is 12.1 Å². The van der Waals surface area contributed by atoms with Gasteiger partial charge in [0.25, 0.3) is 0 Å². The second kappa shape index (κ2) is 8.48. The molecule has 0 atom stereocenters. The summed E-state index contributed by atoms with van der Waals surface area (Å²) in [7, 11) is 0.